The molecule has 1 aromatic carbocycles. The Hall–Kier alpha value is 0.594. The van der Waals surface area contributed by atoms with Gasteiger partial charge in [0.05, 0.1) is 16.1 Å². The first kappa shape index (κ1) is 18.9. The highest BCUT2D eigenvalue weighted by molar-refractivity contribution is 14.1. The third kappa shape index (κ3) is 4.16. The smallest absolute Gasteiger partial charge is 0.0652 e. The van der Waals surface area contributed by atoms with Crippen LogP contribution >= 0.6 is 45.2 Å². The van der Waals surface area contributed by atoms with Crippen molar-refractivity contribution in [3.63, 3.8) is 0 Å². The first-order valence-corrected chi connectivity index (χ1v) is 17.0. The lowest BCUT2D eigenvalue weighted by atomic mass is 9.86. The normalized spacial score (nSPS) is 20.5. The van der Waals surface area contributed by atoms with Crippen LogP contribution in [0.4, 0.5) is 0 Å². The van der Waals surface area contributed by atoms with Gasteiger partial charge in [-0.3, -0.25) is 0 Å². The van der Waals surface area contributed by atoms with Crippen LogP contribution in [0.25, 0.3) is 0 Å². The predicted molar refractivity (Wildman–Crippen MR) is 123 cm³/mol. The second-order valence-corrected chi connectivity index (χ2v) is 22.4. The van der Waals surface area contributed by atoms with E-state index in [0.717, 1.165) is 12.8 Å². The van der Waals surface area contributed by atoms with Crippen LogP contribution < -0.4 is 0 Å². The van der Waals surface area contributed by atoms with Crippen LogP contribution in [0.3, 0.4) is 0 Å². The van der Waals surface area contributed by atoms with Gasteiger partial charge >= 0.3 is 0 Å². The highest BCUT2D eigenvalue weighted by Gasteiger charge is 2.30. The number of hydrogen-bond acceptors (Lipinski definition) is 0. The predicted octanol–water partition coefficient (Wildman–Crippen LogP) is 6.92. The van der Waals surface area contributed by atoms with E-state index in [2.05, 4.69) is 109 Å². The van der Waals surface area contributed by atoms with E-state index in [9.17, 15) is 0 Å². The summed E-state index contributed by atoms with van der Waals surface area (Å²) in [5, 5.41) is 0. The van der Waals surface area contributed by atoms with Gasteiger partial charge in [-0.05, 0) is 41.5 Å². The molecule has 0 unspecified atom stereocenters. The summed E-state index contributed by atoms with van der Waals surface area (Å²) in [5.41, 5.74) is 6.39. The van der Waals surface area contributed by atoms with Gasteiger partial charge < -0.3 is 0 Å². The lowest BCUT2D eigenvalue weighted by Crippen LogP contribution is -2.28. The van der Waals surface area contributed by atoms with Crippen molar-refractivity contribution in [3.05, 3.63) is 52.9 Å². The molecule has 0 aliphatic heterocycles. The number of fused-ring (bicyclic) bond motifs is 1. The summed E-state index contributed by atoms with van der Waals surface area (Å²) in [6.07, 6.45) is 2.26. The molecule has 0 amide bonds. The maximum Gasteiger partial charge on any atom is 0.0858 e. The SMILES string of the molecule is C[Si](C)(C)/C(I)=C1\Cc2ccccc2C\C1=C(/I)[Si](C)(C)C. The molecule has 1 aliphatic carbocycles. The van der Waals surface area contributed by atoms with Crippen molar-refractivity contribution in [2.24, 2.45) is 0 Å². The highest BCUT2D eigenvalue weighted by atomic mass is 127. The molecule has 0 saturated heterocycles. The zero-order chi connectivity index (χ0) is 16.7. The third-order valence-electron chi connectivity index (χ3n) is 4.06. The van der Waals surface area contributed by atoms with Gasteiger partial charge in [-0.25, -0.2) is 0 Å². The van der Waals surface area contributed by atoms with E-state index in [1.54, 1.807) is 17.6 Å². The summed E-state index contributed by atoms with van der Waals surface area (Å²) in [4.78, 5) is 0. The minimum atomic E-state index is -1.27. The fourth-order valence-corrected chi connectivity index (χ4v) is 6.14. The fraction of sp³-hybridized carbons (Fsp3) is 0.444. The Morgan fingerprint density at radius 2 is 1.05 bits per heavy atom. The Morgan fingerprint density at radius 3 is 1.32 bits per heavy atom. The van der Waals surface area contributed by atoms with Gasteiger partial charge in [-0.15, -0.1) is 0 Å². The van der Waals surface area contributed by atoms with Crippen molar-refractivity contribution < 1.29 is 0 Å². The molecule has 0 N–H and O–H groups in total. The van der Waals surface area contributed by atoms with Crippen LogP contribution in [0.15, 0.2) is 41.8 Å². The molecule has 1 aromatic rings. The van der Waals surface area contributed by atoms with Crippen molar-refractivity contribution in [1.29, 1.82) is 0 Å². The molecule has 0 nitrogen and oxygen atoms in total. The molecular weight excluding hydrogens is 526 g/mol. The molecule has 1 aliphatic rings. The molecule has 0 radical (unpaired) electrons. The first-order valence-electron chi connectivity index (χ1n) is 7.87. The second kappa shape index (κ2) is 6.84. The molecule has 0 aromatic heterocycles. The summed E-state index contributed by atoms with van der Waals surface area (Å²) < 4.78 is 3.34. The fourth-order valence-electron chi connectivity index (χ4n) is 2.82. The molecule has 4 heteroatoms. The van der Waals surface area contributed by atoms with Crippen LogP contribution in [0.5, 0.6) is 0 Å². The van der Waals surface area contributed by atoms with Crippen molar-refractivity contribution >= 4 is 61.3 Å². The third-order valence-corrected chi connectivity index (χ3v) is 18.3. The lowest BCUT2D eigenvalue weighted by molar-refractivity contribution is 0.984. The Balaban J connectivity index is 2.69. The van der Waals surface area contributed by atoms with Gasteiger partial charge in [0, 0.05) is 0 Å². The summed E-state index contributed by atoms with van der Waals surface area (Å²) in [6.45, 7) is 14.8. The van der Waals surface area contributed by atoms with Crippen LogP contribution in [0.1, 0.15) is 11.1 Å². The number of hydrogen-bond donors (Lipinski definition) is 0. The number of allylic oxidation sites excluding steroid dienone is 2. The zero-order valence-electron chi connectivity index (χ0n) is 14.5. The average molecular weight is 552 g/mol. The molecule has 0 saturated carbocycles. The van der Waals surface area contributed by atoms with Gasteiger partial charge in [0.1, 0.15) is 0 Å². The monoisotopic (exact) mass is 552 g/mol. The maximum absolute atomic E-state index is 2.66. The van der Waals surface area contributed by atoms with Crippen LogP contribution in [-0.4, -0.2) is 16.1 Å². The summed E-state index contributed by atoms with van der Waals surface area (Å²) >= 11 is 5.32. The standard InChI is InChI=1S/C18H26I2Si2/c1-21(2,3)17(19)15-11-13-9-7-8-10-14(13)12-16(15)18(20)22(4,5)6/h7-10H,11-12H2,1-6H3/b17-15-,18-16+. The quantitative estimate of drug-likeness (QED) is 0.276. The number of halogens is 2. The van der Waals surface area contributed by atoms with E-state index >= 15 is 0 Å². The van der Waals surface area contributed by atoms with Gasteiger partial charge in [-0.1, -0.05) is 109 Å². The van der Waals surface area contributed by atoms with Crippen LogP contribution in [-0.2, 0) is 12.8 Å². The molecular formula is C18H26I2Si2. The number of benzene rings is 1. The minimum absolute atomic E-state index is 1.13. The molecule has 120 valence electrons. The molecule has 0 fully saturated rings. The van der Waals surface area contributed by atoms with Gasteiger partial charge in [0.2, 0.25) is 0 Å². The van der Waals surface area contributed by atoms with E-state index in [1.807, 2.05) is 0 Å². The highest BCUT2D eigenvalue weighted by Crippen LogP contribution is 2.41. The average Bonchev–Trinajstić information content (AvgIpc) is 2.42. The molecule has 22 heavy (non-hydrogen) atoms. The van der Waals surface area contributed by atoms with E-state index in [0.29, 0.717) is 0 Å². The van der Waals surface area contributed by atoms with Crippen molar-refractivity contribution in [2.45, 2.75) is 52.1 Å². The summed E-state index contributed by atoms with van der Waals surface area (Å²) in [7, 11) is -2.54. The summed E-state index contributed by atoms with van der Waals surface area (Å²) in [6, 6.07) is 9.02. The maximum atomic E-state index is 2.66. The van der Waals surface area contributed by atoms with Gasteiger partial charge in [0.25, 0.3) is 0 Å². The Morgan fingerprint density at radius 1 is 0.727 bits per heavy atom. The molecule has 0 bridgehead atoms. The largest absolute Gasteiger partial charge is 0.0858 e. The Bertz CT molecular complexity index is 587. The van der Waals surface area contributed by atoms with Crippen molar-refractivity contribution in [2.75, 3.05) is 0 Å². The Labute approximate surface area is 165 Å². The first-order chi connectivity index (χ1) is 10.0. The van der Waals surface area contributed by atoms with E-state index in [-0.39, 0.29) is 0 Å². The topological polar surface area (TPSA) is 0 Å². The van der Waals surface area contributed by atoms with Gasteiger partial charge in [-0.2, -0.15) is 0 Å². The lowest BCUT2D eigenvalue weighted by Gasteiger charge is -2.31. The second-order valence-electron chi connectivity index (χ2n) is 8.21. The molecule has 0 atom stereocenters. The van der Waals surface area contributed by atoms with E-state index in [1.165, 1.54) is 11.1 Å². The Kier molecular flexibility index (Phi) is 5.88. The van der Waals surface area contributed by atoms with Crippen molar-refractivity contribution in [1.82, 2.24) is 0 Å². The molecule has 0 spiro atoms. The number of rotatable bonds is 2. The van der Waals surface area contributed by atoms with Crippen molar-refractivity contribution in [3.8, 4) is 0 Å². The zero-order valence-corrected chi connectivity index (χ0v) is 20.8. The van der Waals surface area contributed by atoms with E-state index < -0.39 is 16.1 Å². The van der Waals surface area contributed by atoms with Crippen LogP contribution in [0, 0.1) is 0 Å². The van der Waals surface area contributed by atoms with Gasteiger partial charge in [0.15, 0.2) is 0 Å². The molecule has 0 heterocycles. The minimum Gasteiger partial charge on any atom is -0.0652 e. The summed E-state index contributed by atoms with van der Waals surface area (Å²) in [5.74, 6) is 0. The molecule has 2 rings (SSSR count). The van der Waals surface area contributed by atoms with Crippen LogP contribution in [0.2, 0.25) is 39.3 Å². The van der Waals surface area contributed by atoms with E-state index in [4.69, 9.17) is 0 Å².